The first-order valence-electron chi connectivity index (χ1n) is 8.47. The minimum absolute atomic E-state index is 0.0778. The Labute approximate surface area is 156 Å². The van der Waals surface area contributed by atoms with Crippen molar-refractivity contribution in [1.29, 1.82) is 0 Å². The molecule has 0 aliphatic carbocycles. The molecule has 0 saturated carbocycles. The number of hydrogen-bond acceptors (Lipinski definition) is 3. The standard InChI is InChI=1S/C20H19ClN2O3/c21-16-8-6-15(7-9-16)20(14-4-2-1-3-5-14)22-17(24)12-13-23-18(25)10-11-19(23)26/h1-9,20H,10-13H2,(H,22,24). The number of hydrogen-bond donors (Lipinski definition) is 1. The fraction of sp³-hybridized carbons (Fsp3) is 0.250. The van der Waals surface area contributed by atoms with Gasteiger partial charge >= 0.3 is 0 Å². The minimum Gasteiger partial charge on any atom is -0.345 e. The Hall–Kier alpha value is -2.66. The third-order valence-electron chi connectivity index (χ3n) is 4.36. The first-order chi connectivity index (χ1) is 12.5. The molecule has 3 rings (SSSR count). The summed E-state index contributed by atoms with van der Waals surface area (Å²) < 4.78 is 0. The Morgan fingerprint density at radius 3 is 2.15 bits per heavy atom. The number of halogens is 1. The summed E-state index contributed by atoms with van der Waals surface area (Å²) in [7, 11) is 0. The summed E-state index contributed by atoms with van der Waals surface area (Å²) in [6.45, 7) is 0.117. The Morgan fingerprint density at radius 1 is 0.962 bits per heavy atom. The number of imide groups is 1. The Kier molecular flexibility index (Phi) is 5.68. The van der Waals surface area contributed by atoms with Crippen LogP contribution >= 0.6 is 11.6 Å². The summed E-state index contributed by atoms with van der Waals surface area (Å²) in [5.74, 6) is -0.637. The molecular formula is C20H19ClN2O3. The van der Waals surface area contributed by atoms with E-state index >= 15 is 0 Å². The van der Waals surface area contributed by atoms with Crippen molar-refractivity contribution >= 4 is 29.3 Å². The topological polar surface area (TPSA) is 66.5 Å². The summed E-state index contributed by atoms with van der Waals surface area (Å²) >= 11 is 5.96. The predicted octanol–water partition coefficient (Wildman–Crippen LogP) is 3.08. The van der Waals surface area contributed by atoms with Crippen molar-refractivity contribution in [3.05, 3.63) is 70.7 Å². The Balaban J connectivity index is 1.71. The molecule has 1 aliphatic heterocycles. The molecule has 26 heavy (non-hydrogen) atoms. The average Bonchev–Trinajstić information content (AvgIpc) is 2.97. The molecule has 5 nitrogen and oxygen atoms in total. The predicted molar refractivity (Wildman–Crippen MR) is 98.5 cm³/mol. The number of carbonyl (C=O) groups excluding carboxylic acids is 3. The summed E-state index contributed by atoms with van der Waals surface area (Å²) in [6, 6.07) is 16.6. The van der Waals surface area contributed by atoms with E-state index in [9.17, 15) is 14.4 Å². The maximum Gasteiger partial charge on any atom is 0.229 e. The van der Waals surface area contributed by atoms with Gasteiger partial charge in [0.1, 0.15) is 0 Å². The van der Waals surface area contributed by atoms with Gasteiger partial charge in [0, 0.05) is 30.8 Å². The van der Waals surface area contributed by atoms with Gasteiger partial charge in [-0.15, -0.1) is 0 Å². The van der Waals surface area contributed by atoms with Crippen LogP contribution in [0.2, 0.25) is 5.02 Å². The molecule has 1 aliphatic rings. The smallest absolute Gasteiger partial charge is 0.229 e. The maximum absolute atomic E-state index is 12.5. The third-order valence-corrected chi connectivity index (χ3v) is 4.61. The lowest BCUT2D eigenvalue weighted by atomic mass is 9.98. The second-order valence-electron chi connectivity index (χ2n) is 6.15. The van der Waals surface area contributed by atoms with Crippen LogP contribution in [-0.2, 0) is 14.4 Å². The van der Waals surface area contributed by atoms with Gasteiger partial charge in [0.05, 0.1) is 6.04 Å². The van der Waals surface area contributed by atoms with Crippen LogP contribution < -0.4 is 5.32 Å². The number of rotatable bonds is 6. The van der Waals surface area contributed by atoms with E-state index in [1.54, 1.807) is 12.1 Å². The van der Waals surface area contributed by atoms with Gasteiger partial charge in [-0.3, -0.25) is 19.3 Å². The van der Waals surface area contributed by atoms with Gasteiger partial charge in [0.25, 0.3) is 0 Å². The van der Waals surface area contributed by atoms with Crippen molar-refractivity contribution in [2.75, 3.05) is 6.54 Å². The molecule has 2 aromatic rings. The van der Waals surface area contributed by atoms with Crippen LogP contribution in [0.1, 0.15) is 36.4 Å². The lowest BCUT2D eigenvalue weighted by molar-refractivity contribution is -0.138. The molecular weight excluding hydrogens is 352 g/mol. The van der Waals surface area contributed by atoms with Crippen molar-refractivity contribution in [2.24, 2.45) is 0 Å². The van der Waals surface area contributed by atoms with Crippen molar-refractivity contribution in [3.63, 3.8) is 0 Å². The molecule has 134 valence electrons. The highest BCUT2D eigenvalue weighted by molar-refractivity contribution is 6.30. The first kappa shape index (κ1) is 18.1. The average molecular weight is 371 g/mol. The van der Waals surface area contributed by atoms with Crippen LogP contribution in [0.25, 0.3) is 0 Å². The van der Waals surface area contributed by atoms with Crippen LogP contribution in [0.5, 0.6) is 0 Å². The molecule has 2 aromatic carbocycles. The molecule has 1 unspecified atom stereocenters. The molecule has 1 saturated heterocycles. The van der Waals surface area contributed by atoms with Crippen LogP contribution in [0.4, 0.5) is 0 Å². The number of likely N-dealkylation sites (tertiary alicyclic amines) is 1. The van der Waals surface area contributed by atoms with E-state index in [0.29, 0.717) is 5.02 Å². The fourth-order valence-electron chi connectivity index (χ4n) is 2.98. The van der Waals surface area contributed by atoms with Gasteiger partial charge < -0.3 is 5.32 Å². The molecule has 0 bridgehead atoms. The second kappa shape index (κ2) is 8.15. The number of nitrogens with one attached hydrogen (secondary N) is 1. The molecule has 0 radical (unpaired) electrons. The van der Waals surface area contributed by atoms with Crippen LogP contribution in [0.3, 0.4) is 0 Å². The fourth-order valence-corrected chi connectivity index (χ4v) is 3.10. The minimum atomic E-state index is -0.328. The zero-order valence-corrected chi connectivity index (χ0v) is 14.9. The molecule has 3 amide bonds. The molecule has 0 aromatic heterocycles. The summed E-state index contributed by atoms with van der Waals surface area (Å²) in [5, 5.41) is 3.61. The first-order valence-corrected chi connectivity index (χ1v) is 8.85. The molecule has 1 heterocycles. The van der Waals surface area contributed by atoms with E-state index in [-0.39, 0.29) is 49.6 Å². The number of nitrogens with zero attached hydrogens (tertiary/aromatic N) is 1. The summed E-state index contributed by atoms with van der Waals surface area (Å²) in [4.78, 5) is 36.9. The maximum atomic E-state index is 12.5. The van der Waals surface area contributed by atoms with Crippen LogP contribution in [0, 0.1) is 0 Å². The Morgan fingerprint density at radius 2 is 1.54 bits per heavy atom. The van der Waals surface area contributed by atoms with E-state index < -0.39 is 0 Å². The summed E-state index contributed by atoms with van der Waals surface area (Å²) in [5.41, 5.74) is 1.85. The van der Waals surface area contributed by atoms with E-state index in [1.807, 2.05) is 42.5 Å². The second-order valence-corrected chi connectivity index (χ2v) is 6.59. The zero-order valence-electron chi connectivity index (χ0n) is 14.2. The SMILES string of the molecule is O=C(CCN1C(=O)CCC1=O)NC(c1ccccc1)c1ccc(Cl)cc1. The van der Waals surface area contributed by atoms with Crippen molar-refractivity contribution in [2.45, 2.75) is 25.3 Å². The number of carbonyl (C=O) groups is 3. The van der Waals surface area contributed by atoms with Crippen molar-refractivity contribution in [1.82, 2.24) is 10.2 Å². The molecule has 1 N–H and O–H groups in total. The highest BCUT2D eigenvalue weighted by Gasteiger charge is 2.29. The van der Waals surface area contributed by atoms with Crippen LogP contribution in [0.15, 0.2) is 54.6 Å². The molecule has 0 spiro atoms. The van der Waals surface area contributed by atoms with Crippen molar-refractivity contribution in [3.8, 4) is 0 Å². The quantitative estimate of drug-likeness (QED) is 0.794. The van der Waals surface area contributed by atoms with E-state index in [1.165, 1.54) is 4.90 Å². The third kappa shape index (κ3) is 4.29. The van der Waals surface area contributed by atoms with Gasteiger partial charge in [0.2, 0.25) is 17.7 Å². The zero-order chi connectivity index (χ0) is 18.5. The van der Waals surface area contributed by atoms with Gasteiger partial charge in [-0.25, -0.2) is 0 Å². The molecule has 1 fully saturated rings. The van der Waals surface area contributed by atoms with E-state index in [2.05, 4.69) is 5.32 Å². The Bertz CT molecular complexity index is 790. The highest BCUT2D eigenvalue weighted by atomic mass is 35.5. The monoisotopic (exact) mass is 370 g/mol. The van der Waals surface area contributed by atoms with Gasteiger partial charge in [-0.05, 0) is 23.3 Å². The van der Waals surface area contributed by atoms with E-state index in [4.69, 9.17) is 11.6 Å². The highest BCUT2D eigenvalue weighted by Crippen LogP contribution is 2.23. The van der Waals surface area contributed by atoms with Crippen molar-refractivity contribution < 1.29 is 14.4 Å². The number of amides is 3. The van der Waals surface area contributed by atoms with Gasteiger partial charge in [-0.2, -0.15) is 0 Å². The largest absolute Gasteiger partial charge is 0.345 e. The lowest BCUT2D eigenvalue weighted by Crippen LogP contribution is -2.35. The molecule has 6 heteroatoms. The molecule has 1 atom stereocenters. The van der Waals surface area contributed by atoms with E-state index in [0.717, 1.165) is 11.1 Å². The van der Waals surface area contributed by atoms with Crippen LogP contribution in [-0.4, -0.2) is 29.2 Å². The lowest BCUT2D eigenvalue weighted by Gasteiger charge is -2.21. The van der Waals surface area contributed by atoms with Gasteiger partial charge in [-0.1, -0.05) is 54.1 Å². The van der Waals surface area contributed by atoms with Gasteiger partial charge in [0.15, 0.2) is 0 Å². The normalized spacial score (nSPS) is 15.2. The summed E-state index contributed by atoms with van der Waals surface area (Å²) in [6.07, 6.45) is 0.546. The number of benzene rings is 2.